The normalized spacial score (nSPS) is 10.2. The van der Waals surface area contributed by atoms with Gasteiger partial charge in [0.2, 0.25) is 0 Å². The third kappa shape index (κ3) is 1.58. The quantitative estimate of drug-likeness (QED) is 0.749. The Bertz CT molecular complexity index is 409. The average Bonchev–Trinajstić information content (AvgIpc) is 2.62. The number of nitrogens with two attached hydrogens (primary N) is 1. The molecule has 2 aromatic rings. The molecule has 0 fully saturated rings. The van der Waals surface area contributed by atoms with Crippen LogP contribution in [0.5, 0.6) is 0 Å². The van der Waals surface area contributed by atoms with E-state index in [1.807, 2.05) is 18.2 Å². The lowest BCUT2D eigenvalue weighted by atomic mass is 10.1. The number of H-pyrrole nitrogens is 1. The zero-order valence-electron chi connectivity index (χ0n) is 6.79. The maximum atomic E-state index is 5.75. The van der Waals surface area contributed by atoms with Crippen LogP contribution in [0.1, 0.15) is 0 Å². The number of nitrogens with zero attached hydrogens (tertiary/aromatic N) is 1. The van der Waals surface area contributed by atoms with Gasteiger partial charge in [-0.05, 0) is 28.1 Å². The molecule has 2 rings (SSSR count). The second-order valence-electron chi connectivity index (χ2n) is 2.70. The first-order valence-electron chi connectivity index (χ1n) is 3.81. The van der Waals surface area contributed by atoms with Gasteiger partial charge in [-0.2, -0.15) is 0 Å². The Morgan fingerprint density at radius 2 is 2.23 bits per heavy atom. The highest BCUT2D eigenvalue weighted by Crippen LogP contribution is 2.25. The van der Waals surface area contributed by atoms with Gasteiger partial charge in [0.1, 0.15) is 0 Å². The fraction of sp³-hybridized carbons (Fsp3) is 0. The Morgan fingerprint density at radius 3 is 2.85 bits per heavy atom. The molecular weight excluding hydrogens is 230 g/mol. The van der Waals surface area contributed by atoms with Crippen LogP contribution < -0.4 is 5.73 Å². The molecule has 66 valence electrons. The summed E-state index contributed by atoms with van der Waals surface area (Å²) in [5.41, 5.74) is 8.49. The topological polar surface area (TPSA) is 54.7 Å². The van der Waals surface area contributed by atoms with Crippen molar-refractivity contribution in [1.82, 2.24) is 9.97 Å². The fourth-order valence-corrected chi connectivity index (χ4v) is 1.37. The number of imidazole rings is 1. The van der Waals surface area contributed by atoms with Gasteiger partial charge in [-0.1, -0.05) is 6.07 Å². The molecule has 0 saturated carbocycles. The molecule has 3 N–H and O–H groups in total. The van der Waals surface area contributed by atoms with E-state index in [0.29, 0.717) is 0 Å². The number of aromatic amines is 1. The maximum Gasteiger partial charge on any atom is 0.0924 e. The highest BCUT2D eigenvalue weighted by atomic mass is 79.9. The number of aromatic nitrogens is 2. The Labute approximate surface area is 84.1 Å². The van der Waals surface area contributed by atoms with Crippen molar-refractivity contribution >= 4 is 21.6 Å². The minimum absolute atomic E-state index is 0.729. The lowest BCUT2D eigenvalue weighted by Crippen LogP contribution is -1.87. The number of nitrogens with one attached hydrogen (secondary N) is 1. The minimum atomic E-state index is 0.729. The minimum Gasteiger partial charge on any atom is -0.398 e. The first-order valence-corrected chi connectivity index (χ1v) is 4.60. The summed E-state index contributed by atoms with van der Waals surface area (Å²) in [4.78, 5) is 6.96. The van der Waals surface area contributed by atoms with Crippen molar-refractivity contribution in [2.45, 2.75) is 0 Å². The van der Waals surface area contributed by atoms with Crippen molar-refractivity contribution in [3.05, 3.63) is 35.2 Å². The Balaban J connectivity index is 2.49. The summed E-state index contributed by atoms with van der Waals surface area (Å²) < 4.78 is 0.913. The van der Waals surface area contributed by atoms with Gasteiger partial charge in [0, 0.05) is 15.7 Å². The van der Waals surface area contributed by atoms with E-state index in [1.165, 1.54) is 0 Å². The van der Waals surface area contributed by atoms with Crippen molar-refractivity contribution in [1.29, 1.82) is 0 Å². The molecule has 4 heteroatoms. The summed E-state index contributed by atoms with van der Waals surface area (Å²) >= 11 is 3.34. The molecule has 0 bridgehead atoms. The molecule has 0 radical (unpaired) electrons. The van der Waals surface area contributed by atoms with Crippen LogP contribution in [0.3, 0.4) is 0 Å². The molecule has 1 heterocycles. The van der Waals surface area contributed by atoms with Gasteiger partial charge >= 0.3 is 0 Å². The third-order valence-electron chi connectivity index (χ3n) is 1.81. The molecule has 1 aromatic heterocycles. The van der Waals surface area contributed by atoms with E-state index in [0.717, 1.165) is 21.4 Å². The zero-order valence-corrected chi connectivity index (χ0v) is 8.38. The number of benzene rings is 1. The lowest BCUT2D eigenvalue weighted by Gasteiger charge is -2.01. The van der Waals surface area contributed by atoms with Gasteiger partial charge in [0.25, 0.3) is 0 Å². The van der Waals surface area contributed by atoms with E-state index in [2.05, 4.69) is 25.9 Å². The third-order valence-corrected chi connectivity index (χ3v) is 2.53. The van der Waals surface area contributed by atoms with Gasteiger partial charge in [-0.15, -0.1) is 0 Å². The van der Waals surface area contributed by atoms with Gasteiger partial charge in [-0.3, -0.25) is 0 Å². The number of rotatable bonds is 1. The van der Waals surface area contributed by atoms with Crippen LogP contribution in [0, 0.1) is 0 Å². The molecular formula is C9H8BrN3. The molecule has 3 nitrogen and oxygen atoms in total. The van der Waals surface area contributed by atoms with E-state index >= 15 is 0 Å². The van der Waals surface area contributed by atoms with Crippen molar-refractivity contribution in [3.8, 4) is 11.3 Å². The second kappa shape index (κ2) is 3.22. The average molecular weight is 238 g/mol. The Morgan fingerprint density at radius 1 is 1.38 bits per heavy atom. The van der Waals surface area contributed by atoms with E-state index in [9.17, 15) is 0 Å². The molecule has 1 aromatic carbocycles. The van der Waals surface area contributed by atoms with E-state index in [4.69, 9.17) is 5.73 Å². The summed E-state index contributed by atoms with van der Waals surface area (Å²) in [5, 5.41) is 0. The molecule has 0 saturated heterocycles. The standard InChI is InChI=1S/C9H8BrN3/c10-7-2-1-6(3-8(7)11)9-4-12-5-13-9/h1-5H,11H2,(H,12,13). The zero-order chi connectivity index (χ0) is 9.26. The lowest BCUT2D eigenvalue weighted by molar-refractivity contribution is 1.31. The smallest absolute Gasteiger partial charge is 0.0924 e. The molecule has 0 aliphatic heterocycles. The number of nitrogen functional groups attached to an aromatic ring is 1. The van der Waals surface area contributed by atoms with Gasteiger partial charge in [0.05, 0.1) is 18.2 Å². The number of anilines is 1. The highest BCUT2D eigenvalue weighted by Gasteiger charge is 2.00. The summed E-state index contributed by atoms with van der Waals surface area (Å²) in [5.74, 6) is 0. The molecule has 0 unspecified atom stereocenters. The van der Waals surface area contributed by atoms with E-state index in [1.54, 1.807) is 12.5 Å². The molecule has 0 aliphatic carbocycles. The van der Waals surface area contributed by atoms with Crippen LogP contribution in [0.4, 0.5) is 5.69 Å². The molecule has 0 aliphatic rings. The second-order valence-corrected chi connectivity index (χ2v) is 3.56. The van der Waals surface area contributed by atoms with E-state index in [-0.39, 0.29) is 0 Å². The SMILES string of the molecule is Nc1cc(-c2cnc[nH]2)ccc1Br. The van der Waals surface area contributed by atoms with Crippen LogP contribution in [0.2, 0.25) is 0 Å². The van der Waals surface area contributed by atoms with Gasteiger partial charge in [0.15, 0.2) is 0 Å². The summed E-state index contributed by atoms with van der Waals surface area (Å²) in [6, 6.07) is 5.80. The van der Waals surface area contributed by atoms with Crippen molar-refractivity contribution < 1.29 is 0 Å². The molecule has 0 atom stereocenters. The van der Waals surface area contributed by atoms with Crippen LogP contribution >= 0.6 is 15.9 Å². The van der Waals surface area contributed by atoms with Crippen molar-refractivity contribution in [2.75, 3.05) is 5.73 Å². The first-order chi connectivity index (χ1) is 6.27. The first kappa shape index (κ1) is 8.31. The van der Waals surface area contributed by atoms with Crippen molar-refractivity contribution in [3.63, 3.8) is 0 Å². The van der Waals surface area contributed by atoms with E-state index < -0.39 is 0 Å². The number of halogens is 1. The predicted octanol–water partition coefficient (Wildman–Crippen LogP) is 2.42. The Hall–Kier alpha value is -1.29. The van der Waals surface area contributed by atoms with Crippen LogP contribution in [0.15, 0.2) is 35.2 Å². The number of hydrogen-bond donors (Lipinski definition) is 2. The summed E-state index contributed by atoms with van der Waals surface area (Å²) in [6.07, 6.45) is 3.41. The number of hydrogen-bond acceptors (Lipinski definition) is 2. The summed E-state index contributed by atoms with van der Waals surface area (Å²) in [7, 11) is 0. The maximum absolute atomic E-state index is 5.75. The molecule has 0 amide bonds. The Kier molecular flexibility index (Phi) is 2.06. The largest absolute Gasteiger partial charge is 0.398 e. The van der Waals surface area contributed by atoms with Gasteiger partial charge < -0.3 is 10.7 Å². The molecule has 13 heavy (non-hydrogen) atoms. The molecule has 0 spiro atoms. The van der Waals surface area contributed by atoms with Gasteiger partial charge in [-0.25, -0.2) is 4.98 Å². The fourth-order valence-electron chi connectivity index (χ4n) is 1.13. The highest BCUT2D eigenvalue weighted by molar-refractivity contribution is 9.10. The van der Waals surface area contributed by atoms with Crippen LogP contribution in [-0.2, 0) is 0 Å². The van der Waals surface area contributed by atoms with Crippen LogP contribution in [0.25, 0.3) is 11.3 Å². The van der Waals surface area contributed by atoms with Crippen molar-refractivity contribution in [2.24, 2.45) is 0 Å². The predicted molar refractivity (Wildman–Crippen MR) is 56.1 cm³/mol. The monoisotopic (exact) mass is 237 g/mol. The summed E-state index contributed by atoms with van der Waals surface area (Å²) in [6.45, 7) is 0. The van der Waals surface area contributed by atoms with Crippen LogP contribution in [-0.4, -0.2) is 9.97 Å².